The molecule has 0 amide bonds. The summed E-state index contributed by atoms with van der Waals surface area (Å²) in [5.41, 5.74) is 0.972. The van der Waals surface area contributed by atoms with Crippen molar-refractivity contribution < 1.29 is 13.2 Å². The standard InChI is InChI=1S/C17H12F3N5/c1-8-12(6-21)15(13(7-22)9(2)23-8)10-3-4-14-11(5-10)16(25-24-14)17(18,19)20/h3-5,12,15H,1-2H3,(H,24,25). The minimum absolute atomic E-state index is 0.0863. The van der Waals surface area contributed by atoms with Crippen LogP contribution in [0.3, 0.4) is 0 Å². The predicted molar refractivity (Wildman–Crippen MR) is 84.4 cm³/mol. The van der Waals surface area contributed by atoms with Crippen LogP contribution in [0.1, 0.15) is 31.0 Å². The van der Waals surface area contributed by atoms with Crippen molar-refractivity contribution in [3.63, 3.8) is 0 Å². The van der Waals surface area contributed by atoms with Crippen LogP contribution in [0.2, 0.25) is 0 Å². The van der Waals surface area contributed by atoms with Gasteiger partial charge >= 0.3 is 6.18 Å². The van der Waals surface area contributed by atoms with E-state index in [4.69, 9.17) is 0 Å². The number of alkyl halides is 3. The highest BCUT2D eigenvalue weighted by Crippen LogP contribution is 2.40. The molecule has 5 nitrogen and oxygen atoms in total. The third-order valence-corrected chi connectivity index (χ3v) is 4.31. The minimum atomic E-state index is -4.57. The topological polar surface area (TPSA) is 88.6 Å². The Morgan fingerprint density at radius 1 is 1.20 bits per heavy atom. The molecule has 2 unspecified atom stereocenters. The van der Waals surface area contributed by atoms with Gasteiger partial charge in [-0.25, -0.2) is 0 Å². The van der Waals surface area contributed by atoms with Crippen molar-refractivity contribution in [1.29, 1.82) is 10.5 Å². The molecule has 0 fully saturated rings. The number of nitrogens with zero attached hydrogens (tertiary/aromatic N) is 4. The number of aromatic amines is 1. The van der Waals surface area contributed by atoms with Crippen LogP contribution in [-0.2, 0) is 6.18 Å². The van der Waals surface area contributed by atoms with E-state index in [2.05, 4.69) is 16.2 Å². The van der Waals surface area contributed by atoms with Crippen molar-refractivity contribution in [2.45, 2.75) is 25.9 Å². The monoisotopic (exact) mass is 343 g/mol. The summed E-state index contributed by atoms with van der Waals surface area (Å²) in [7, 11) is 0. The van der Waals surface area contributed by atoms with E-state index in [0.717, 1.165) is 0 Å². The van der Waals surface area contributed by atoms with E-state index in [1.54, 1.807) is 19.9 Å². The Labute approximate surface area is 141 Å². The zero-order valence-corrected chi connectivity index (χ0v) is 13.3. The van der Waals surface area contributed by atoms with Crippen LogP contribution >= 0.6 is 0 Å². The smallest absolute Gasteiger partial charge is 0.272 e. The summed E-state index contributed by atoms with van der Waals surface area (Å²) in [4.78, 5) is 4.22. The lowest BCUT2D eigenvalue weighted by molar-refractivity contribution is -0.139. The molecule has 0 saturated heterocycles. The van der Waals surface area contributed by atoms with Crippen LogP contribution < -0.4 is 0 Å². The summed E-state index contributed by atoms with van der Waals surface area (Å²) < 4.78 is 39.4. The zero-order chi connectivity index (χ0) is 18.4. The van der Waals surface area contributed by atoms with Crippen molar-refractivity contribution in [2.24, 2.45) is 10.9 Å². The number of H-pyrrole nitrogens is 1. The molecule has 1 aromatic heterocycles. The summed E-state index contributed by atoms with van der Waals surface area (Å²) in [6, 6.07) is 8.56. The molecule has 25 heavy (non-hydrogen) atoms. The SMILES string of the molecule is CC1=NC(C)=C(C#N)C(c2ccc3n[nH]c(C(F)(F)F)c3c2)C1C#N. The fourth-order valence-corrected chi connectivity index (χ4v) is 3.14. The number of benzene rings is 1. The number of fused-ring (bicyclic) bond motifs is 1. The summed E-state index contributed by atoms with van der Waals surface area (Å²) in [6.07, 6.45) is -4.57. The Morgan fingerprint density at radius 2 is 1.92 bits per heavy atom. The lowest BCUT2D eigenvalue weighted by Crippen LogP contribution is -2.24. The summed E-state index contributed by atoms with van der Waals surface area (Å²) in [6.45, 7) is 3.33. The van der Waals surface area contributed by atoms with Crippen LogP contribution in [0.25, 0.3) is 10.9 Å². The molecular formula is C17H12F3N5. The molecule has 1 aliphatic rings. The zero-order valence-electron chi connectivity index (χ0n) is 13.3. The maximum Gasteiger partial charge on any atom is 0.433 e. The number of aromatic nitrogens is 2. The second-order valence-corrected chi connectivity index (χ2v) is 5.82. The third kappa shape index (κ3) is 2.66. The molecule has 0 bridgehead atoms. The van der Waals surface area contributed by atoms with Crippen LogP contribution in [0.15, 0.2) is 34.5 Å². The fraction of sp³-hybridized carbons (Fsp3) is 0.294. The molecule has 1 aliphatic heterocycles. The van der Waals surface area contributed by atoms with Gasteiger partial charge in [-0.1, -0.05) is 6.07 Å². The van der Waals surface area contributed by atoms with Gasteiger partial charge in [-0.2, -0.15) is 28.8 Å². The average Bonchev–Trinajstić information content (AvgIpc) is 2.97. The van der Waals surface area contributed by atoms with Crippen molar-refractivity contribution in [2.75, 3.05) is 0 Å². The van der Waals surface area contributed by atoms with E-state index in [1.165, 1.54) is 12.1 Å². The molecule has 126 valence electrons. The largest absolute Gasteiger partial charge is 0.433 e. The highest BCUT2D eigenvalue weighted by molar-refractivity contribution is 5.91. The lowest BCUT2D eigenvalue weighted by Gasteiger charge is -2.26. The molecule has 0 radical (unpaired) electrons. The van der Waals surface area contributed by atoms with Crippen LogP contribution in [0.5, 0.6) is 0 Å². The number of nitriles is 2. The maximum atomic E-state index is 13.1. The molecule has 2 aromatic rings. The first-order valence-electron chi connectivity index (χ1n) is 7.38. The number of rotatable bonds is 1. The van der Waals surface area contributed by atoms with Crippen molar-refractivity contribution in [3.8, 4) is 12.1 Å². The molecule has 2 atom stereocenters. The first-order chi connectivity index (χ1) is 11.8. The minimum Gasteiger partial charge on any atom is -0.272 e. The maximum absolute atomic E-state index is 13.1. The number of allylic oxidation sites excluding steroid dienone is 2. The Morgan fingerprint density at radius 3 is 2.52 bits per heavy atom. The number of hydrogen-bond acceptors (Lipinski definition) is 4. The second-order valence-electron chi connectivity index (χ2n) is 5.82. The van der Waals surface area contributed by atoms with Gasteiger partial charge in [-0.3, -0.25) is 10.1 Å². The van der Waals surface area contributed by atoms with E-state index < -0.39 is 23.7 Å². The van der Waals surface area contributed by atoms with Crippen molar-refractivity contribution in [3.05, 3.63) is 40.7 Å². The third-order valence-electron chi connectivity index (χ3n) is 4.31. The van der Waals surface area contributed by atoms with E-state index in [9.17, 15) is 23.7 Å². The van der Waals surface area contributed by atoms with Crippen molar-refractivity contribution in [1.82, 2.24) is 10.2 Å². The van der Waals surface area contributed by atoms with Gasteiger partial charge in [-0.05, 0) is 31.5 Å². The van der Waals surface area contributed by atoms with Gasteiger partial charge in [0.15, 0.2) is 0 Å². The van der Waals surface area contributed by atoms with Gasteiger partial charge < -0.3 is 0 Å². The lowest BCUT2D eigenvalue weighted by atomic mass is 9.76. The Hall–Kier alpha value is -3.13. The molecule has 1 aromatic carbocycles. The molecule has 0 aliphatic carbocycles. The predicted octanol–water partition coefficient (Wildman–Crippen LogP) is 4.08. The number of nitrogens with one attached hydrogen (secondary N) is 1. The fourth-order valence-electron chi connectivity index (χ4n) is 3.14. The normalized spacial score (nSPS) is 21.0. The van der Waals surface area contributed by atoms with Gasteiger partial charge in [0, 0.05) is 17.0 Å². The van der Waals surface area contributed by atoms with E-state index in [0.29, 0.717) is 17.0 Å². The molecule has 0 spiro atoms. The summed E-state index contributed by atoms with van der Waals surface area (Å²) in [5, 5.41) is 24.5. The number of hydrogen-bond donors (Lipinski definition) is 1. The van der Waals surface area contributed by atoms with Gasteiger partial charge in [-0.15, -0.1) is 0 Å². The van der Waals surface area contributed by atoms with Crippen LogP contribution in [0.4, 0.5) is 13.2 Å². The van der Waals surface area contributed by atoms with E-state index >= 15 is 0 Å². The van der Waals surface area contributed by atoms with E-state index in [-0.39, 0.29) is 16.5 Å². The first kappa shape index (κ1) is 16.7. The van der Waals surface area contributed by atoms with Gasteiger partial charge in [0.05, 0.1) is 34.8 Å². The highest BCUT2D eigenvalue weighted by atomic mass is 19.4. The van der Waals surface area contributed by atoms with Gasteiger partial charge in [0.2, 0.25) is 0 Å². The molecular weight excluding hydrogens is 331 g/mol. The molecule has 2 heterocycles. The Balaban J connectivity index is 2.23. The second kappa shape index (κ2) is 5.75. The van der Waals surface area contributed by atoms with Crippen molar-refractivity contribution >= 4 is 16.6 Å². The first-order valence-corrected chi connectivity index (χ1v) is 7.38. The molecule has 8 heteroatoms. The summed E-state index contributed by atoms with van der Waals surface area (Å²) in [5.74, 6) is -1.37. The van der Waals surface area contributed by atoms with E-state index in [1.807, 2.05) is 11.2 Å². The highest BCUT2D eigenvalue weighted by Gasteiger charge is 2.37. The van der Waals surface area contributed by atoms with Crippen LogP contribution in [-0.4, -0.2) is 15.9 Å². The van der Waals surface area contributed by atoms with Gasteiger partial charge in [0.1, 0.15) is 5.69 Å². The molecule has 1 N–H and O–H groups in total. The average molecular weight is 343 g/mol. The van der Waals surface area contributed by atoms with Gasteiger partial charge in [0.25, 0.3) is 0 Å². The Bertz CT molecular complexity index is 998. The molecule has 3 rings (SSSR count). The summed E-state index contributed by atoms with van der Waals surface area (Å²) >= 11 is 0. The quantitative estimate of drug-likeness (QED) is 0.846. The molecule has 0 saturated carbocycles. The van der Waals surface area contributed by atoms with Crippen LogP contribution in [0, 0.1) is 28.6 Å². The number of aliphatic imine (C=N–C) groups is 1. The Kier molecular flexibility index (Phi) is 3.84. The number of halogens is 3.